The van der Waals surface area contributed by atoms with Crippen molar-refractivity contribution in [2.45, 2.75) is 39.0 Å². The molecule has 9 heteroatoms. The zero-order valence-corrected chi connectivity index (χ0v) is 16.7. The van der Waals surface area contributed by atoms with Crippen LogP contribution in [0.3, 0.4) is 0 Å². The fraction of sp³-hybridized carbons (Fsp3) is 0.381. The van der Waals surface area contributed by atoms with Crippen LogP contribution in [0.25, 0.3) is 11.3 Å². The Bertz CT molecular complexity index is 1060. The smallest absolute Gasteiger partial charge is 0.274 e. The number of rotatable bonds is 5. The molecule has 0 radical (unpaired) electrons. The lowest BCUT2D eigenvalue weighted by atomic mass is 10.1. The van der Waals surface area contributed by atoms with Gasteiger partial charge in [-0.1, -0.05) is 5.16 Å². The van der Waals surface area contributed by atoms with E-state index >= 15 is 0 Å². The molecule has 2 fully saturated rings. The average molecular weight is 407 g/mol. The second-order valence-corrected chi connectivity index (χ2v) is 7.60. The molecule has 2 aliphatic heterocycles. The molecule has 9 nitrogen and oxygen atoms in total. The lowest BCUT2D eigenvalue weighted by molar-refractivity contribution is 0.0255. The monoisotopic (exact) mass is 407 g/mol. The summed E-state index contributed by atoms with van der Waals surface area (Å²) in [6, 6.07) is 7.30. The summed E-state index contributed by atoms with van der Waals surface area (Å²) in [6.07, 6.45) is 2.81. The van der Waals surface area contributed by atoms with Crippen LogP contribution in [-0.2, 0) is 11.3 Å². The maximum atomic E-state index is 12.7. The molecule has 2 aliphatic rings. The maximum absolute atomic E-state index is 12.7. The molecular weight excluding hydrogens is 386 g/mol. The minimum atomic E-state index is -0.117. The molecule has 0 saturated carbocycles. The minimum Gasteiger partial charge on any atom is -0.472 e. The number of aromatic nitrogens is 4. The summed E-state index contributed by atoms with van der Waals surface area (Å²) in [7, 11) is 0. The fourth-order valence-corrected chi connectivity index (χ4v) is 3.85. The van der Waals surface area contributed by atoms with Crippen LogP contribution in [0.5, 0.6) is 5.88 Å². The Balaban J connectivity index is 1.27. The quantitative estimate of drug-likeness (QED) is 0.635. The topological polar surface area (TPSA) is 103 Å². The first kappa shape index (κ1) is 18.7. The number of nitrogens with zero attached hydrogens (tertiary/aromatic N) is 5. The molecule has 1 amide bonds. The van der Waals surface area contributed by atoms with Gasteiger partial charge in [0.15, 0.2) is 5.69 Å². The van der Waals surface area contributed by atoms with E-state index in [1.54, 1.807) is 18.3 Å². The van der Waals surface area contributed by atoms with Crippen molar-refractivity contribution < 1.29 is 18.8 Å². The normalized spacial score (nSPS) is 20.0. The summed E-state index contributed by atoms with van der Waals surface area (Å²) in [4.78, 5) is 18.8. The number of pyridine rings is 1. The van der Waals surface area contributed by atoms with Crippen molar-refractivity contribution in [2.75, 3.05) is 13.2 Å². The molecule has 3 aromatic rings. The molecule has 0 spiro atoms. The van der Waals surface area contributed by atoms with Gasteiger partial charge in [-0.15, -0.1) is 10.2 Å². The molecule has 2 saturated heterocycles. The third-order valence-corrected chi connectivity index (χ3v) is 5.55. The van der Waals surface area contributed by atoms with E-state index in [4.69, 9.17) is 14.0 Å². The Morgan fingerprint density at radius 2 is 2.13 bits per heavy atom. The first-order valence-electron chi connectivity index (χ1n) is 9.86. The number of ether oxygens (including phenoxy) is 2. The van der Waals surface area contributed by atoms with Crippen LogP contribution in [0.15, 0.2) is 35.0 Å². The predicted octanol–water partition coefficient (Wildman–Crippen LogP) is 2.34. The molecule has 5 heterocycles. The molecule has 154 valence electrons. The molecular formula is C21H21N5O4. The lowest BCUT2D eigenvalue weighted by Gasteiger charge is -2.26. The van der Waals surface area contributed by atoms with Crippen LogP contribution < -0.4 is 4.74 Å². The number of hydrogen-bond donors (Lipinski definition) is 0. The Labute approximate surface area is 173 Å². The lowest BCUT2D eigenvalue weighted by Crippen LogP contribution is -2.41. The summed E-state index contributed by atoms with van der Waals surface area (Å²) >= 11 is 0. The van der Waals surface area contributed by atoms with Gasteiger partial charge in [-0.3, -0.25) is 9.78 Å². The Kier molecular flexibility index (Phi) is 4.66. The van der Waals surface area contributed by atoms with E-state index in [1.807, 2.05) is 30.9 Å². The Morgan fingerprint density at radius 3 is 2.80 bits per heavy atom. The van der Waals surface area contributed by atoms with E-state index in [0.29, 0.717) is 36.2 Å². The van der Waals surface area contributed by atoms with E-state index < -0.39 is 0 Å². The van der Waals surface area contributed by atoms with E-state index in [0.717, 1.165) is 23.2 Å². The van der Waals surface area contributed by atoms with Gasteiger partial charge in [0, 0.05) is 30.1 Å². The first-order chi connectivity index (χ1) is 14.6. The molecule has 5 rings (SSSR count). The molecule has 1 unspecified atom stereocenters. The highest BCUT2D eigenvalue weighted by Gasteiger charge is 2.42. The molecule has 0 N–H and O–H groups in total. The molecule has 3 aromatic heterocycles. The number of aryl methyl sites for hydroxylation is 2. The van der Waals surface area contributed by atoms with Crippen molar-refractivity contribution in [3.8, 4) is 17.1 Å². The standard InChI is InChI=1S/C21H21N5O4/c1-12-3-4-14(8-22-12)20-17(13(2)30-25-20)11-29-19-6-5-18(23-24-19)21(27)26-9-16-7-15(26)10-28-16/h3-6,8,15-16H,7,9-11H2,1-2H3/t15-,16?/m0/s1. The number of likely N-dealkylation sites (tertiary alicyclic amines) is 1. The van der Waals surface area contributed by atoms with Gasteiger partial charge in [0.1, 0.15) is 18.1 Å². The highest BCUT2D eigenvalue weighted by atomic mass is 16.5. The van der Waals surface area contributed by atoms with Crippen molar-refractivity contribution >= 4 is 5.91 Å². The molecule has 0 aromatic carbocycles. The highest BCUT2D eigenvalue weighted by molar-refractivity contribution is 5.92. The summed E-state index contributed by atoms with van der Waals surface area (Å²) < 4.78 is 16.7. The van der Waals surface area contributed by atoms with Crippen LogP contribution in [0.4, 0.5) is 0 Å². The van der Waals surface area contributed by atoms with Crippen LogP contribution in [0.1, 0.15) is 33.9 Å². The van der Waals surface area contributed by atoms with Gasteiger partial charge in [0.05, 0.1) is 24.3 Å². The first-order valence-corrected chi connectivity index (χ1v) is 9.86. The van der Waals surface area contributed by atoms with E-state index in [-0.39, 0.29) is 24.7 Å². The van der Waals surface area contributed by atoms with Gasteiger partial charge in [-0.2, -0.15) is 0 Å². The van der Waals surface area contributed by atoms with E-state index in [2.05, 4.69) is 20.3 Å². The van der Waals surface area contributed by atoms with Crippen molar-refractivity contribution in [1.82, 2.24) is 25.2 Å². The number of morpholine rings is 1. The fourth-order valence-electron chi connectivity index (χ4n) is 3.85. The van der Waals surface area contributed by atoms with Crippen molar-refractivity contribution in [3.05, 3.63) is 53.2 Å². The number of fused-ring (bicyclic) bond motifs is 2. The summed E-state index contributed by atoms with van der Waals surface area (Å²) in [5.74, 6) is 0.872. The SMILES string of the molecule is Cc1ccc(-c2noc(C)c2COc2ccc(C(=O)N3CC4C[C@H]3CO4)nn2)cn1. The second kappa shape index (κ2) is 7.49. The third-order valence-electron chi connectivity index (χ3n) is 5.55. The molecule has 2 atom stereocenters. The van der Waals surface area contributed by atoms with Crippen LogP contribution in [-0.4, -0.2) is 56.4 Å². The van der Waals surface area contributed by atoms with Gasteiger partial charge >= 0.3 is 0 Å². The predicted molar refractivity (Wildman–Crippen MR) is 105 cm³/mol. The van der Waals surface area contributed by atoms with Gasteiger partial charge in [0.2, 0.25) is 5.88 Å². The van der Waals surface area contributed by atoms with Crippen LogP contribution >= 0.6 is 0 Å². The van der Waals surface area contributed by atoms with Gasteiger partial charge < -0.3 is 18.9 Å². The summed E-state index contributed by atoms with van der Waals surface area (Å²) in [6.45, 7) is 5.19. The Morgan fingerprint density at radius 1 is 1.23 bits per heavy atom. The number of amides is 1. The van der Waals surface area contributed by atoms with Gasteiger partial charge in [-0.25, -0.2) is 0 Å². The van der Waals surface area contributed by atoms with Crippen molar-refractivity contribution in [3.63, 3.8) is 0 Å². The van der Waals surface area contributed by atoms with Crippen LogP contribution in [0, 0.1) is 13.8 Å². The second-order valence-electron chi connectivity index (χ2n) is 7.60. The number of carbonyl (C=O) groups excluding carboxylic acids is 1. The largest absolute Gasteiger partial charge is 0.472 e. The molecule has 30 heavy (non-hydrogen) atoms. The van der Waals surface area contributed by atoms with E-state index in [9.17, 15) is 4.79 Å². The van der Waals surface area contributed by atoms with Gasteiger partial charge in [0.25, 0.3) is 5.91 Å². The zero-order valence-electron chi connectivity index (χ0n) is 16.7. The minimum absolute atomic E-state index is 0.117. The van der Waals surface area contributed by atoms with Crippen LogP contribution in [0.2, 0.25) is 0 Å². The summed E-state index contributed by atoms with van der Waals surface area (Å²) in [5, 5.41) is 12.3. The Hall–Kier alpha value is -3.33. The van der Waals surface area contributed by atoms with Crippen molar-refractivity contribution in [2.24, 2.45) is 0 Å². The average Bonchev–Trinajstić information content (AvgIpc) is 3.49. The number of hydrogen-bond acceptors (Lipinski definition) is 8. The third kappa shape index (κ3) is 3.41. The molecule has 0 aliphatic carbocycles. The highest BCUT2D eigenvalue weighted by Crippen LogP contribution is 2.29. The van der Waals surface area contributed by atoms with E-state index in [1.165, 1.54) is 0 Å². The zero-order chi connectivity index (χ0) is 20.7. The van der Waals surface area contributed by atoms with Crippen molar-refractivity contribution in [1.29, 1.82) is 0 Å². The number of carbonyl (C=O) groups is 1. The molecule has 2 bridgehead atoms. The summed E-state index contributed by atoms with van der Waals surface area (Å²) in [5.41, 5.74) is 3.59. The maximum Gasteiger partial charge on any atom is 0.274 e. The van der Waals surface area contributed by atoms with Gasteiger partial charge in [-0.05, 0) is 38.5 Å².